The van der Waals surface area contributed by atoms with Gasteiger partial charge in [0.1, 0.15) is 0 Å². The Bertz CT molecular complexity index is 595. The van der Waals surface area contributed by atoms with Crippen molar-refractivity contribution in [3.05, 3.63) is 169 Å². The van der Waals surface area contributed by atoms with Crippen molar-refractivity contribution in [2.45, 2.75) is 0 Å². The van der Waals surface area contributed by atoms with Crippen molar-refractivity contribution >= 4 is 33.0 Å². The molecule has 1 heterocycles. The third-order valence-corrected chi connectivity index (χ3v) is 3.56. The summed E-state index contributed by atoms with van der Waals surface area (Å²) in [6, 6.07) is 54.0. The summed E-state index contributed by atoms with van der Waals surface area (Å²) in [5.74, 6) is 5.11. The Morgan fingerprint density at radius 2 is 0.625 bits per heavy atom. The maximum atomic E-state index is 3.01. The monoisotopic (exact) mass is 511 g/mol. The first kappa shape index (κ1) is 34.6. The zero-order valence-corrected chi connectivity index (χ0v) is 21.8. The Morgan fingerprint density at radius 1 is 0.344 bits per heavy atom. The summed E-state index contributed by atoms with van der Waals surface area (Å²) in [6.07, 6.45) is 0. The molecular formula is C28H26Cl2PTi-5. The second-order valence-corrected chi connectivity index (χ2v) is 6.03. The molecule has 32 heavy (non-hydrogen) atoms. The predicted molar refractivity (Wildman–Crippen MR) is 140 cm³/mol. The molecule has 0 bridgehead atoms. The van der Waals surface area contributed by atoms with Gasteiger partial charge in [-0.2, -0.15) is 163 Å². The van der Waals surface area contributed by atoms with Crippen LogP contribution in [0.3, 0.4) is 0 Å². The average Bonchev–Trinajstić information content (AvgIpc) is 3.45. The Hall–Kier alpha value is -2.05. The van der Waals surface area contributed by atoms with Gasteiger partial charge in [-0.05, 0) is 0 Å². The summed E-state index contributed by atoms with van der Waals surface area (Å²) in [5.41, 5.74) is 0. The molecule has 0 N–H and O–H groups in total. The van der Waals surface area contributed by atoms with Crippen molar-refractivity contribution in [1.82, 2.24) is 0 Å². The summed E-state index contributed by atoms with van der Waals surface area (Å²) >= 11 is 0. The fraction of sp³-hybridized carbons (Fsp3) is 0. The second-order valence-electron chi connectivity index (χ2n) is 5.12. The van der Waals surface area contributed by atoms with Gasteiger partial charge in [-0.15, -0.1) is 24.8 Å². The van der Waals surface area contributed by atoms with Crippen LogP contribution in [0.4, 0.5) is 0 Å². The van der Waals surface area contributed by atoms with E-state index in [0.29, 0.717) is 0 Å². The van der Waals surface area contributed by atoms with E-state index in [9.17, 15) is 0 Å². The molecule has 0 aliphatic carbocycles. The summed E-state index contributed by atoms with van der Waals surface area (Å²) in [5, 5.41) is 0. The molecule has 5 rings (SSSR count). The molecule has 0 nitrogen and oxygen atoms in total. The fourth-order valence-electron chi connectivity index (χ4n) is 1.61. The van der Waals surface area contributed by atoms with E-state index in [-0.39, 0.29) is 46.5 Å². The Kier molecular flexibility index (Phi) is 33.6. The first-order chi connectivity index (χ1) is 14.5. The molecule has 0 aliphatic rings. The van der Waals surface area contributed by atoms with Gasteiger partial charge in [0.2, 0.25) is 0 Å². The number of halogens is 2. The molecule has 0 radical (unpaired) electrons. The van der Waals surface area contributed by atoms with E-state index < -0.39 is 0 Å². The van der Waals surface area contributed by atoms with Crippen LogP contribution in [0.2, 0.25) is 0 Å². The van der Waals surface area contributed by atoms with Crippen LogP contribution in [-0.2, 0) is 21.7 Å². The molecule has 0 fully saturated rings. The van der Waals surface area contributed by atoms with Crippen LogP contribution < -0.4 is 0 Å². The van der Waals surface area contributed by atoms with E-state index in [2.05, 4.69) is 35.9 Å². The van der Waals surface area contributed by atoms with Crippen molar-refractivity contribution in [1.29, 1.82) is 0 Å². The zero-order chi connectivity index (χ0) is 20.5. The van der Waals surface area contributed by atoms with Gasteiger partial charge in [0.15, 0.2) is 0 Å². The number of rotatable bonds is 0. The summed E-state index contributed by atoms with van der Waals surface area (Å²) < 4.78 is 0. The molecule has 4 aromatic carbocycles. The van der Waals surface area contributed by atoms with Crippen molar-refractivity contribution in [3.63, 3.8) is 0 Å². The standard InChI is InChI=1S/4C6H5.C4H4P.2ClH.Ti/c4*1-2-4-6-5-3-1;1-2-4-5-3-1;;;/h4*1-5H;1-3,5H;2*1H;/q5*-1;;;. The SMILES string of the molecule is Cl.Cl.[Ti].[c-]1ccc[pH]1.[c-]1ccccc1.[c-]1ccccc1.[c-]1ccccc1.[c-]1ccccc1. The molecule has 4 heteroatoms. The van der Waals surface area contributed by atoms with Crippen LogP contribution in [0.15, 0.2) is 139 Å². The second kappa shape index (κ2) is 31.1. The molecule has 0 spiro atoms. The van der Waals surface area contributed by atoms with E-state index >= 15 is 0 Å². The molecular weight excluding hydrogens is 486 g/mol. The van der Waals surface area contributed by atoms with Crippen LogP contribution >= 0.6 is 33.0 Å². The van der Waals surface area contributed by atoms with Gasteiger partial charge in [-0.3, -0.25) is 8.19 Å². The quantitative estimate of drug-likeness (QED) is 0.145. The first-order valence-corrected chi connectivity index (χ1v) is 10.2. The van der Waals surface area contributed by atoms with Crippen molar-refractivity contribution in [3.8, 4) is 0 Å². The number of hydrogen-bond acceptors (Lipinski definition) is 0. The number of benzene rings is 4. The van der Waals surface area contributed by atoms with Crippen LogP contribution in [-0.4, -0.2) is 0 Å². The average molecular weight is 512 g/mol. The topological polar surface area (TPSA) is 0 Å². The summed E-state index contributed by atoms with van der Waals surface area (Å²) in [4.78, 5) is 0. The van der Waals surface area contributed by atoms with Gasteiger partial charge in [0, 0.05) is 21.7 Å². The molecule has 1 aromatic heterocycles. The minimum absolute atomic E-state index is 0. The molecule has 1 atom stereocenters. The maximum Gasteiger partial charge on any atom is 0 e. The van der Waals surface area contributed by atoms with Gasteiger partial charge in [0.05, 0.1) is 0 Å². The Morgan fingerprint density at radius 3 is 0.688 bits per heavy atom. The van der Waals surface area contributed by atoms with Gasteiger partial charge >= 0.3 is 0 Å². The summed E-state index contributed by atoms with van der Waals surface area (Å²) in [7, 11) is 0.823. The van der Waals surface area contributed by atoms with Gasteiger partial charge in [0.25, 0.3) is 0 Å². The fourth-order valence-corrected chi connectivity index (χ4v) is 2.09. The first-order valence-electron chi connectivity index (χ1n) is 9.14. The van der Waals surface area contributed by atoms with E-state index in [1.54, 1.807) is 0 Å². The predicted octanol–water partition coefficient (Wildman–Crippen LogP) is 8.31. The molecule has 0 saturated heterocycles. The minimum Gasteiger partial charge on any atom is -0.271 e. The number of hydrogen-bond donors (Lipinski definition) is 0. The van der Waals surface area contributed by atoms with Gasteiger partial charge in [-0.1, -0.05) is 0 Å². The molecule has 0 amide bonds. The van der Waals surface area contributed by atoms with Crippen molar-refractivity contribution < 1.29 is 21.7 Å². The molecule has 0 saturated carbocycles. The van der Waals surface area contributed by atoms with E-state index in [1.165, 1.54) is 0 Å². The maximum absolute atomic E-state index is 3.01. The van der Waals surface area contributed by atoms with Crippen LogP contribution in [0, 0.1) is 30.1 Å². The summed E-state index contributed by atoms with van der Waals surface area (Å²) in [6.45, 7) is 0. The van der Waals surface area contributed by atoms with E-state index in [1.807, 2.05) is 133 Å². The molecule has 5 aromatic rings. The van der Waals surface area contributed by atoms with Crippen molar-refractivity contribution in [2.75, 3.05) is 0 Å². The third-order valence-electron chi connectivity index (χ3n) is 2.87. The van der Waals surface area contributed by atoms with Crippen LogP contribution in [0.1, 0.15) is 0 Å². The Balaban J connectivity index is -0.000000321. The Labute approximate surface area is 222 Å². The van der Waals surface area contributed by atoms with Gasteiger partial charge < -0.3 is 0 Å². The zero-order valence-electron chi connectivity index (χ0n) is 17.6. The third kappa shape index (κ3) is 28.0. The van der Waals surface area contributed by atoms with Crippen molar-refractivity contribution in [2.24, 2.45) is 0 Å². The minimum atomic E-state index is 0. The van der Waals surface area contributed by atoms with E-state index in [0.717, 1.165) is 8.19 Å². The molecule has 166 valence electrons. The van der Waals surface area contributed by atoms with Gasteiger partial charge in [-0.25, -0.2) is 6.07 Å². The van der Waals surface area contributed by atoms with Crippen LogP contribution in [0.5, 0.6) is 0 Å². The molecule has 0 aliphatic heterocycles. The normalized spacial score (nSPS) is 7.50. The smallest absolute Gasteiger partial charge is 0 e. The largest absolute Gasteiger partial charge is 0.271 e. The van der Waals surface area contributed by atoms with Crippen LogP contribution in [0.25, 0.3) is 0 Å². The van der Waals surface area contributed by atoms with E-state index in [4.69, 9.17) is 0 Å². The molecule has 1 unspecified atom stereocenters.